The molecule has 0 fully saturated rings. The maximum absolute atomic E-state index is 3.52. The maximum atomic E-state index is 3.52. The molecule has 17 heavy (non-hydrogen) atoms. The van der Waals surface area contributed by atoms with Crippen molar-refractivity contribution in [2.45, 2.75) is 32.9 Å². The summed E-state index contributed by atoms with van der Waals surface area (Å²) in [6, 6.07) is 11.3. The smallest absolute Gasteiger partial charge is 0.0294 e. The van der Waals surface area contributed by atoms with Gasteiger partial charge in [-0.3, -0.25) is 0 Å². The van der Waals surface area contributed by atoms with Gasteiger partial charge in [-0.1, -0.05) is 31.2 Å². The summed E-state index contributed by atoms with van der Waals surface area (Å²) in [6.45, 7) is 5.29. The number of benzene rings is 1. The Kier molecular flexibility index (Phi) is 3.99. The van der Waals surface area contributed by atoms with Crippen LogP contribution in [0.25, 0.3) is 0 Å². The van der Waals surface area contributed by atoms with Crippen molar-refractivity contribution in [2.24, 2.45) is 0 Å². The van der Waals surface area contributed by atoms with E-state index < -0.39 is 0 Å². The highest BCUT2D eigenvalue weighted by atomic mass is 14.9. The lowest BCUT2D eigenvalue weighted by Crippen LogP contribution is -2.17. The molecule has 2 heteroatoms. The van der Waals surface area contributed by atoms with Gasteiger partial charge in [0, 0.05) is 25.0 Å². The monoisotopic (exact) mass is 228 g/mol. The molecule has 0 spiro atoms. The number of nitrogens with one attached hydrogen (secondary N) is 2. The third-order valence-electron chi connectivity index (χ3n) is 3.16. The van der Waals surface area contributed by atoms with Gasteiger partial charge in [0.1, 0.15) is 0 Å². The van der Waals surface area contributed by atoms with Gasteiger partial charge in [-0.05, 0) is 36.1 Å². The summed E-state index contributed by atoms with van der Waals surface area (Å²) >= 11 is 0. The number of H-pyrrole nitrogens is 1. The summed E-state index contributed by atoms with van der Waals surface area (Å²) in [5.74, 6) is 0. The Bertz CT molecular complexity index is 428. The summed E-state index contributed by atoms with van der Waals surface area (Å²) in [5.41, 5.74) is 4.03. The molecule has 1 aromatic carbocycles. The molecular formula is C15H20N2. The SMILES string of the molecule is CCc1ccc(C(C)NCc2cc[nH]c2)cc1. The molecule has 1 atom stereocenters. The molecule has 1 unspecified atom stereocenters. The van der Waals surface area contributed by atoms with E-state index in [2.05, 4.69) is 54.5 Å². The zero-order chi connectivity index (χ0) is 12.1. The molecule has 2 nitrogen and oxygen atoms in total. The summed E-state index contributed by atoms with van der Waals surface area (Å²) in [6.07, 6.45) is 5.09. The summed E-state index contributed by atoms with van der Waals surface area (Å²) in [7, 11) is 0. The van der Waals surface area contributed by atoms with Gasteiger partial charge in [0.2, 0.25) is 0 Å². The Balaban J connectivity index is 1.92. The zero-order valence-electron chi connectivity index (χ0n) is 10.5. The number of aromatic amines is 1. The maximum Gasteiger partial charge on any atom is 0.0294 e. The zero-order valence-corrected chi connectivity index (χ0v) is 10.5. The number of rotatable bonds is 5. The first-order valence-electron chi connectivity index (χ1n) is 6.23. The highest BCUT2D eigenvalue weighted by molar-refractivity contribution is 5.24. The minimum Gasteiger partial charge on any atom is -0.367 e. The van der Waals surface area contributed by atoms with Crippen LogP contribution in [0, 0.1) is 0 Å². The van der Waals surface area contributed by atoms with Crippen molar-refractivity contribution in [3.63, 3.8) is 0 Å². The number of aryl methyl sites for hydroxylation is 1. The van der Waals surface area contributed by atoms with Crippen molar-refractivity contribution in [3.05, 3.63) is 59.4 Å². The van der Waals surface area contributed by atoms with Gasteiger partial charge >= 0.3 is 0 Å². The first-order valence-corrected chi connectivity index (χ1v) is 6.23. The van der Waals surface area contributed by atoms with Crippen LogP contribution >= 0.6 is 0 Å². The van der Waals surface area contributed by atoms with Gasteiger partial charge in [-0.2, -0.15) is 0 Å². The van der Waals surface area contributed by atoms with Crippen molar-refractivity contribution in [3.8, 4) is 0 Å². The predicted octanol–water partition coefficient (Wildman–Crippen LogP) is 3.43. The van der Waals surface area contributed by atoms with Gasteiger partial charge in [0.05, 0.1) is 0 Å². The predicted molar refractivity (Wildman–Crippen MR) is 71.9 cm³/mol. The third kappa shape index (κ3) is 3.21. The average Bonchev–Trinajstić information content (AvgIpc) is 2.89. The van der Waals surface area contributed by atoms with Crippen LogP contribution in [0.4, 0.5) is 0 Å². The number of hydrogen-bond donors (Lipinski definition) is 2. The van der Waals surface area contributed by atoms with Crippen LogP contribution in [0.3, 0.4) is 0 Å². The molecule has 0 aliphatic rings. The minimum atomic E-state index is 0.385. The van der Waals surface area contributed by atoms with Crippen LogP contribution in [-0.4, -0.2) is 4.98 Å². The van der Waals surface area contributed by atoms with Gasteiger partial charge in [-0.25, -0.2) is 0 Å². The largest absolute Gasteiger partial charge is 0.367 e. The molecule has 0 aliphatic heterocycles. The lowest BCUT2D eigenvalue weighted by Gasteiger charge is -2.14. The van der Waals surface area contributed by atoms with E-state index in [1.54, 1.807) is 0 Å². The average molecular weight is 228 g/mol. The van der Waals surface area contributed by atoms with Crippen molar-refractivity contribution in [1.82, 2.24) is 10.3 Å². The van der Waals surface area contributed by atoms with Gasteiger partial charge in [0.15, 0.2) is 0 Å². The van der Waals surface area contributed by atoms with Gasteiger partial charge in [0.25, 0.3) is 0 Å². The van der Waals surface area contributed by atoms with Crippen LogP contribution in [0.15, 0.2) is 42.7 Å². The van der Waals surface area contributed by atoms with Gasteiger partial charge in [-0.15, -0.1) is 0 Å². The lowest BCUT2D eigenvalue weighted by molar-refractivity contribution is 0.575. The summed E-state index contributed by atoms with van der Waals surface area (Å²) < 4.78 is 0. The fraction of sp³-hybridized carbons (Fsp3) is 0.333. The topological polar surface area (TPSA) is 27.8 Å². The van der Waals surface area contributed by atoms with E-state index in [1.165, 1.54) is 16.7 Å². The van der Waals surface area contributed by atoms with Crippen molar-refractivity contribution < 1.29 is 0 Å². The fourth-order valence-corrected chi connectivity index (χ4v) is 1.90. The Morgan fingerprint density at radius 1 is 1.12 bits per heavy atom. The Morgan fingerprint density at radius 3 is 2.47 bits per heavy atom. The molecule has 2 rings (SSSR count). The third-order valence-corrected chi connectivity index (χ3v) is 3.16. The molecule has 0 bridgehead atoms. The molecule has 1 aromatic heterocycles. The molecule has 2 aromatic rings. The molecule has 0 aliphatic carbocycles. The summed E-state index contributed by atoms with van der Waals surface area (Å²) in [5, 5.41) is 3.52. The van der Waals surface area contributed by atoms with Crippen LogP contribution < -0.4 is 5.32 Å². The molecule has 0 amide bonds. The number of aromatic nitrogens is 1. The second-order valence-corrected chi connectivity index (χ2v) is 4.42. The fourth-order valence-electron chi connectivity index (χ4n) is 1.90. The van der Waals surface area contributed by atoms with Gasteiger partial charge < -0.3 is 10.3 Å². The van der Waals surface area contributed by atoms with Crippen LogP contribution in [0.1, 0.15) is 36.6 Å². The second-order valence-electron chi connectivity index (χ2n) is 4.42. The Labute approximate surface area is 103 Å². The molecule has 1 heterocycles. The van der Waals surface area contributed by atoms with E-state index in [-0.39, 0.29) is 0 Å². The highest BCUT2D eigenvalue weighted by Gasteiger charge is 2.04. The second kappa shape index (κ2) is 5.69. The van der Waals surface area contributed by atoms with Crippen LogP contribution in [-0.2, 0) is 13.0 Å². The van der Waals surface area contributed by atoms with Crippen molar-refractivity contribution in [2.75, 3.05) is 0 Å². The van der Waals surface area contributed by atoms with E-state index in [4.69, 9.17) is 0 Å². The summed E-state index contributed by atoms with van der Waals surface area (Å²) in [4.78, 5) is 3.07. The lowest BCUT2D eigenvalue weighted by atomic mass is 10.0. The van der Waals surface area contributed by atoms with E-state index in [0.29, 0.717) is 6.04 Å². The Hall–Kier alpha value is -1.54. The normalized spacial score (nSPS) is 12.6. The molecule has 2 N–H and O–H groups in total. The molecular weight excluding hydrogens is 208 g/mol. The van der Waals surface area contributed by atoms with Crippen molar-refractivity contribution >= 4 is 0 Å². The first-order chi connectivity index (χ1) is 8.29. The standard InChI is InChI=1S/C15H20N2/c1-3-13-4-6-15(7-5-13)12(2)17-11-14-8-9-16-10-14/h4-10,12,16-17H,3,11H2,1-2H3. The van der Waals surface area contributed by atoms with E-state index >= 15 is 0 Å². The number of hydrogen-bond acceptors (Lipinski definition) is 1. The first kappa shape index (κ1) is 11.9. The van der Waals surface area contributed by atoms with E-state index in [1.807, 2.05) is 12.4 Å². The molecule has 0 saturated heterocycles. The van der Waals surface area contributed by atoms with Crippen molar-refractivity contribution in [1.29, 1.82) is 0 Å². The van der Waals surface area contributed by atoms with E-state index in [0.717, 1.165) is 13.0 Å². The molecule has 90 valence electrons. The molecule has 0 saturated carbocycles. The van der Waals surface area contributed by atoms with Crippen LogP contribution in [0.5, 0.6) is 0 Å². The van der Waals surface area contributed by atoms with Crippen LogP contribution in [0.2, 0.25) is 0 Å². The quantitative estimate of drug-likeness (QED) is 0.806. The van der Waals surface area contributed by atoms with E-state index in [9.17, 15) is 0 Å². The Morgan fingerprint density at radius 2 is 1.88 bits per heavy atom. The highest BCUT2D eigenvalue weighted by Crippen LogP contribution is 2.14. The minimum absolute atomic E-state index is 0.385. The molecule has 0 radical (unpaired) electrons.